The van der Waals surface area contributed by atoms with Crippen LogP contribution in [0.15, 0.2) is 59.1 Å². The highest BCUT2D eigenvalue weighted by Crippen LogP contribution is 2.30. The molecule has 0 N–H and O–H groups in total. The van der Waals surface area contributed by atoms with E-state index in [1.54, 1.807) is 12.1 Å². The first-order valence-electron chi connectivity index (χ1n) is 6.71. The lowest BCUT2D eigenvalue weighted by molar-refractivity contribution is 0.104. The molecule has 0 aliphatic carbocycles. The first-order valence-corrected chi connectivity index (χ1v) is 8.32. The summed E-state index contributed by atoms with van der Waals surface area (Å²) in [5.41, 5.74) is 2.56. The van der Waals surface area contributed by atoms with Crippen molar-refractivity contribution in [3.63, 3.8) is 0 Å². The number of ketones is 1. The Balaban J connectivity index is 1.93. The maximum absolute atomic E-state index is 13.0. The van der Waals surface area contributed by atoms with E-state index in [9.17, 15) is 9.18 Å². The van der Waals surface area contributed by atoms with Crippen LogP contribution in [-0.4, -0.2) is 5.78 Å². The van der Waals surface area contributed by atoms with Crippen LogP contribution >= 0.6 is 27.3 Å². The molecule has 0 radical (unpaired) electrons. The maximum atomic E-state index is 13.0. The third-order valence-corrected chi connectivity index (χ3v) is 5.02. The van der Waals surface area contributed by atoms with Gasteiger partial charge in [0.05, 0.1) is 4.88 Å². The summed E-state index contributed by atoms with van der Waals surface area (Å²) >= 11 is 4.83. The van der Waals surface area contributed by atoms with E-state index in [-0.39, 0.29) is 11.6 Å². The molecule has 0 saturated carbocycles. The normalized spacial score (nSPS) is 10.7. The summed E-state index contributed by atoms with van der Waals surface area (Å²) in [5, 5.41) is 0. The highest BCUT2D eigenvalue weighted by molar-refractivity contribution is 9.10. The van der Waals surface area contributed by atoms with Gasteiger partial charge in [-0.15, -0.1) is 11.3 Å². The van der Waals surface area contributed by atoms with Crippen LogP contribution in [0, 0.1) is 12.7 Å². The average Bonchev–Trinajstić information content (AvgIpc) is 2.97. The molecule has 1 nitrogen and oxygen atoms in total. The molecule has 0 bridgehead atoms. The Morgan fingerprint density at radius 3 is 2.45 bits per heavy atom. The fourth-order valence-electron chi connectivity index (χ4n) is 2.24. The largest absolute Gasteiger partial charge is 0.288 e. The lowest BCUT2D eigenvalue weighted by Crippen LogP contribution is -2.01. The van der Waals surface area contributed by atoms with Gasteiger partial charge >= 0.3 is 0 Å². The van der Waals surface area contributed by atoms with Gasteiger partial charge in [0.2, 0.25) is 5.78 Å². The molecule has 3 rings (SSSR count). The zero-order chi connectivity index (χ0) is 15.7. The Hall–Kier alpha value is -1.78. The minimum atomic E-state index is -0.262. The number of thiophene rings is 1. The van der Waals surface area contributed by atoms with E-state index in [0.29, 0.717) is 10.4 Å². The van der Waals surface area contributed by atoms with Crippen molar-refractivity contribution < 1.29 is 9.18 Å². The molecule has 110 valence electrons. The van der Waals surface area contributed by atoms with Gasteiger partial charge in [0.15, 0.2) is 0 Å². The molecule has 0 aliphatic heterocycles. The van der Waals surface area contributed by atoms with Gasteiger partial charge in [-0.3, -0.25) is 4.79 Å². The summed E-state index contributed by atoms with van der Waals surface area (Å²) in [7, 11) is 0. The van der Waals surface area contributed by atoms with Gasteiger partial charge in [-0.2, -0.15) is 0 Å². The molecule has 0 spiro atoms. The minimum absolute atomic E-state index is 0.0170. The van der Waals surface area contributed by atoms with Crippen LogP contribution in [0.25, 0.3) is 10.4 Å². The van der Waals surface area contributed by atoms with Gasteiger partial charge in [0.25, 0.3) is 0 Å². The van der Waals surface area contributed by atoms with Gasteiger partial charge in [0.1, 0.15) is 5.82 Å². The monoisotopic (exact) mass is 374 g/mol. The molecule has 4 heteroatoms. The third-order valence-electron chi connectivity index (χ3n) is 3.39. The smallest absolute Gasteiger partial charge is 0.203 e. The van der Waals surface area contributed by atoms with Gasteiger partial charge < -0.3 is 0 Å². The van der Waals surface area contributed by atoms with E-state index in [1.165, 1.54) is 23.5 Å². The second-order valence-electron chi connectivity index (χ2n) is 4.96. The fraction of sp³-hybridized carbons (Fsp3) is 0.0556. The van der Waals surface area contributed by atoms with Crippen molar-refractivity contribution in [1.29, 1.82) is 0 Å². The second kappa shape index (κ2) is 6.15. The van der Waals surface area contributed by atoms with Crippen LogP contribution < -0.4 is 0 Å². The molecule has 0 unspecified atom stereocenters. The van der Waals surface area contributed by atoms with Gasteiger partial charge in [-0.05, 0) is 60.5 Å². The Morgan fingerprint density at radius 1 is 1.05 bits per heavy atom. The lowest BCUT2D eigenvalue weighted by Gasteiger charge is -2.03. The molecule has 2 aromatic carbocycles. The summed E-state index contributed by atoms with van der Waals surface area (Å²) in [6.45, 7) is 1.92. The third kappa shape index (κ3) is 3.03. The number of rotatable bonds is 3. The predicted octanol–water partition coefficient (Wildman–Crippen LogP) is 5.86. The molecular weight excluding hydrogens is 363 g/mol. The van der Waals surface area contributed by atoms with Crippen molar-refractivity contribution in [2.45, 2.75) is 6.92 Å². The van der Waals surface area contributed by atoms with Crippen LogP contribution in [-0.2, 0) is 0 Å². The summed E-state index contributed by atoms with van der Waals surface area (Å²) in [4.78, 5) is 14.3. The summed E-state index contributed by atoms with van der Waals surface area (Å²) < 4.78 is 13.9. The molecule has 0 saturated heterocycles. The maximum Gasteiger partial charge on any atom is 0.203 e. The summed E-state index contributed by atoms with van der Waals surface area (Å²) in [5.74, 6) is -0.245. The van der Waals surface area contributed by atoms with E-state index >= 15 is 0 Å². The lowest BCUT2D eigenvalue weighted by atomic mass is 10.0. The highest BCUT2D eigenvalue weighted by atomic mass is 79.9. The van der Waals surface area contributed by atoms with Crippen LogP contribution in [0.5, 0.6) is 0 Å². The van der Waals surface area contributed by atoms with Gasteiger partial charge in [-0.25, -0.2) is 4.39 Å². The van der Waals surface area contributed by atoms with Crippen molar-refractivity contribution >= 4 is 33.0 Å². The zero-order valence-corrected chi connectivity index (χ0v) is 14.2. The quantitative estimate of drug-likeness (QED) is 0.525. The Kier molecular flexibility index (Phi) is 4.23. The number of carbonyl (C=O) groups is 1. The van der Waals surface area contributed by atoms with Crippen LogP contribution in [0.3, 0.4) is 0 Å². The van der Waals surface area contributed by atoms with Crippen molar-refractivity contribution in [3.8, 4) is 10.4 Å². The predicted molar refractivity (Wildman–Crippen MR) is 92.0 cm³/mol. The number of aryl methyl sites for hydroxylation is 1. The van der Waals surface area contributed by atoms with E-state index in [0.717, 1.165) is 20.5 Å². The number of carbonyl (C=O) groups excluding carboxylic acids is 1. The fourth-order valence-corrected chi connectivity index (χ4v) is 3.69. The van der Waals surface area contributed by atoms with Crippen molar-refractivity contribution in [2.75, 3.05) is 0 Å². The van der Waals surface area contributed by atoms with Crippen molar-refractivity contribution in [3.05, 3.63) is 80.9 Å². The first-order chi connectivity index (χ1) is 10.5. The van der Waals surface area contributed by atoms with Crippen LogP contribution in [0.2, 0.25) is 0 Å². The molecule has 3 aromatic rings. The van der Waals surface area contributed by atoms with Crippen molar-refractivity contribution in [2.24, 2.45) is 0 Å². The van der Waals surface area contributed by atoms with Crippen molar-refractivity contribution in [1.82, 2.24) is 0 Å². The Morgan fingerprint density at radius 2 is 1.77 bits per heavy atom. The minimum Gasteiger partial charge on any atom is -0.288 e. The van der Waals surface area contributed by atoms with E-state index in [4.69, 9.17) is 0 Å². The Labute approximate surface area is 140 Å². The molecule has 1 heterocycles. The molecule has 22 heavy (non-hydrogen) atoms. The molecular formula is C18H12BrFOS. The zero-order valence-electron chi connectivity index (χ0n) is 11.8. The number of hydrogen-bond acceptors (Lipinski definition) is 2. The van der Waals surface area contributed by atoms with Gasteiger partial charge in [0, 0.05) is 14.9 Å². The molecule has 0 aliphatic rings. The number of benzene rings is 2. The summed E-state index contributed by atoms with van der Waals surface area (Å²) in [6.07, 6.45) is 0. The summed E-state index contributed by atoms with van der Waals surface area (Å²) in [6, 6.07) is 15.7. The van der Waals surface area contributed by atoms with Crippen LogP contribution in [0.1, 0.15) is 20.8 Å². The van der Waals surface area contributed by atoms with Crippen LogP contribution in [0.4, 0.5) is 4.39 Å². The molecule has 0 fully saturated rings. The molecule has 0 amide bonds. The SMILES string of the molecule is Cc1cc(Br)ccc1C(=O)c1ccc(-c2ccc(F)cc2)s1. The van der Waals surface area contributed by atoms with E-state index < -0.39 is 0 Å². The number of hydrogen-bond donors (Lipinski definition) is 0. The average molecular weight is 375 g/mol. The topological polar surface area (TPSA) is 17.1 Å². The number of halogens is 2. The van der Waals surface area contributed by atoms with E-state index in [1.807, 2.05) is 37.3 Å². The van der Waals surface area contributed by atoms with E-state index in [2.05, 4.69) is 15.9 Å². The Bertz CT molecular complexity index is 837. The van der Waals surface area contributed by atoms with Gasteiger partial charge in [-0.1, -0.05) is 28.1 Å². The molecule has 0 atom stereocenters. The second-order valence-corrected chi connectivity index (χ2v) is 6.96. The standard InChI is InChI=1S/C18H12BrFOS/c1-11-10-13(19)4-7-15(11)18(21)17-9-8-16(22-17)12-2-5-14(20)6-3-12/h2-10H,1H3. The molecule has 1 aromatic heterocycles. The highest BCUT2D eigenvalue weighted by Gasteiger charge is 2.15. The first kappa shape index (κ1) is 15.1.